The van der Waals surface area contributed by atoms with Gasteiger partial charge in [-0.25, -0.2) is 0 Å². The molecule has 1 saturated carbocycles. The molecule has 3 fully saturated rings. The van der Waals surface area contributed by atoms with E-state index in [1.54, 1.807) is 0 Å². The third-order valence-corrected chi connectivity index (χ3v) is 5.78. The van der Waals surface area contributed by atoms with Gasteiger partial charge in [-0.2, -0.15) is 0 Å². The highest BCUT2D eigenvalue weighted by Crippen LogP contribution is 2.32. The van der Waals surface area contributed by atoms with Crippen LogP contribution in [0.3, 0.4) is 0 Å². The predicted octanol–water partition coefficient (Wildman–Crippen LogP) is 2.23. The lowest BCUT2D eigenvalue weighted by Crippen LogP contribution is -2.53. The average molecular weight is 328 g/mol. The SMILES string of the molecule is O=C(NCC1CC1)[C@H]1C[C@H]2OCC[C@H]2N(CCc2ccccc2)C1. The fourth-order valence-electron chi connectivity index (χ4n) is 4.13. The minimum Gasteiger partial charge on any atom is -0.377 e. The third kappa shape index (κ3) is 3.81. The number of benzene rings is 1. The first-order valence-electron chi connectivity index (χ1n) is 9.47. The Labute approximate surface area is 144 Å². The largest absolute Gasteiger partial charge is 0.377 e. The Hall–Kier alpha value is -1.39. The van der Waals surface area contributed by atoms with Crippen LogP contribution >= 0.6 is 0 Å². The van der Waals surface area contributed by atoms with Gasteiger partial charge in [-0.15, -0.1) is 0 Å². The number of hydrogen-bond acceptors (Lipinski definition) is 3. The molecule has 3 aliphatic rings. The number of fused-ring (bicyclic) bond motifs is 1. The minimum atomic E-state index is 0.0823. The van der Waals surface area contributed by atoms with E-state index in [-0.39, 0.29) is 17.9 Å². The second kappa shape index (κ2) is 7.24. The summed E-state index contributed by atoms with van der Waals surface area (Å²) in [4.78, 5) is 15.1. The first-order valence-corrected chi connectivity index (χ1v) is 9.47. The monoisotopic (exact) mass is 328 g/mol. The van der Waals surface area contributed by atoms with Crippen LogP contribution in [0.2, 0.25) is 0 Å². The normalized spacial score (nSPS) is 30.1. The van der Waals surface area contributed by atoms with Crippen LogP contribution in [-0.2, 0) is 16.0 Å². The molecule has 1 aliphatic carbocycles. The molecule has 0 spiro atoms. The van der Waals surface area contributed by atoms with Gasteiger partial charge in [-0.3, -0.25) is 9.69 Å². The Kier molecular flexibility index (Phi) is 4.86. The Balaban J connectivity index is 1.36. The lowest BCUT2D eigenvalue weighted by molar-refractivity contribution is -0.129. The Morgan fingerprint density at radius 3 is 2.83 bits per heavy atom. The van der Waals surface area contributed by atoms with Crippen LogP contribution in [-0.4, -0.2) is 49.2 Å². The second-order valence-electron chi connectivity index (χ2n) is 7.62. The molecule has 2 saturated heterocycles. The summed E-state index contributed by atoms with van der Waals surface area (Å²) in [5.41, 5.74) is 1.37. The number of likely N-dealkylation sites (tertiary alicyclic amines) is 1. The van der Waals surface area contributed by atoms with Gasteiger partial charge >= 0.3 is 0 Å². The van der Waals surface area contributed by atoms with E-state index in [0.29, 0.717) is 6.04 Å². The van der Waals surface area contributed by atoms with E-state index in [2.05, 4.69) is 40.5 Å². The van der Waals surface area contributed by atoms with Crippen LogP contribution in [0.25, 0.3) is 0 Å². The molecule has 4 nitrogen and oxygen atoms in total. The molecule has 2 heterocycles. The van der Waals surface area contributed by atoms with Crippen LogP contribution in [0.4, 0.5) is 0 Å². The van der Waals surface area contributed by atoms with Gasteiger partial charge in [0, 0.05) is 32.3 Å². The van der Waals surface area contributed by atoms with Gasteiger partial charge in [0.2, 0.25) is 5.91 Å². The van der Waals surface area contributed by atoms with Gasteiger partial charge in [0.1, 0.15) is 0 Å². The molecule has 24 heavy (non-hydrogen) atoms. The maximum Gasteiger partial charge on any atom is 0.224 e. The van der Waals surface area contributed by atoms with E-state index >= 15 is 0 Å². The van der Waals surface area contributed by atoms with Crippen LogP contribution in [0.1, 0.15) is 31.2 Å². The van der Waals surface area contributed by atoms with E-state index in [4.69, 9.17) is 4.74 Å². The number of nitrogens with zero attached hydrogens (tertiary/aromatic N) is 1. The molecule has 1 aromatic rings. The van der Waals surface area contributed by atoms with Gasteiger partial charge in [-0.05, 0) is 43.6 Å². The van der Waals surface area contributed by atoms with Crippen molar-refractivity contribution in [2.45, 2.75) is 44.2 Å². The average Bonchev–Trinajstić information content (AvgIpc) is 3.33. The highest BCUT2D eigenvalue weighted by Gasteiger charge is 2.42. The number of rotatable bonds is 6. The lowest BCUT2D eigenvalue weighted by Gasteiger charge is -2.40. The van der Waals surface area contributed by atoms with E-state index in [1.807, 2.05) is 0 Å². The summed E-state index contributed by atoms with van der Waals surface area (Å²) >= 11 is 0. The minimum absolute atomic E-state index is 0.0823. The van der Waals surface area contributed by atoms with Gasteiger partial charge in [0.25, 0.3) is 0 Å². The zero-order chi connectivity index (χ0) is 16.4. The summed E-state index contributed by atoms with van der Waals surface area (Å²) in [6.07, 6.45) is 5.84. The number of piperidine rings is 1. The van der Waals surface area contributed by atoms with Crippen LogP contribution in [0.15, 0.2) is 30.3 Å². The molecule has 130 valence electrons. The topological polar surface area (TPSA) is 41.6 Å². The van der Waals surface area contributed by atoms with Gasteiger partial charge < -0.3 is 10.1 Å². The first-order chi connectivity index (χ1) is 11.8. The Morgan fingerprint density at radius 2 is 2.04 bits per heavy atom. The van der Waals surface area contributed by atoms with Crippen molar-refractivity contribution in [1.29, 1.82) is 0 Å². The van der Waals surface area contributed by atoms with Gasteiger partial charge in [0.05, 0.1) is 12.0 Å². The van der Waals surface area contributed by atoms with Crippen LogP contribution in [0.5, 0.6) is 0 Å². The molecule has 0 radical (unpaired) electrons. The molecule has 4 rings (SSSR count). The van der Waals surface area contributed by atoms with E-state index in [9.17, 15) is 4.79 Å². The molecule has 3 atom stereocenters. The molecule has 1 aromatic carbocycles. The molecule has 0 aromatic heterocycles. The fraction of sp³-hybridized carbons (Fsp3) is 0.650. The zero-order valence-corrected chi connectivity index (χ0v) is 14.3. The number of nitrogens with one attached hydrogen (secondary N) is 1. The van der Waals surface area contributed by atoms with Crippen molar-refractivity contribution < 1.29 is 9.53 Å². The number of hydrogen-bond donors (Lipinski definition) is 1. The summed E-state index contributed by atoms with van der Waals surface area (Å²) in [6, 6.07) is 11.1. The zero-order valence-electron chi connectivity index (χ0n) is 14.3. The summed E-state index contributed by atoms with van der Waals surface area (Å²) in [6.45, 7) is 3.61. The molecular weight excluding hydrogens is 300 g/mol. The van der Waals surface area contributed by atoms with E-state index in [1.165, 1.54) is 18.4 Å². The van der Waals surface area contributed by atoms with Crippen molar-refractivity contribution in [2.75, 3.05) is 26.2 Å². The second-order valence-corrected chi connectivity index (χ2v) is 7.62. The number of carbonyl (C=O) groups is 1. The van der Waals surface area contributed by atoms with Crippen molar-refractivity contribution in [3.05, 3.63) is 35.9 Å². The molecule has 2 aliphatic heterocycles. The summed E-state index contributed by atoms with van der Waals surface area (Å²) in [7, 11) is 0. The smallest absolute Gasteiger partial charge is 0.224 e. The highest BCUT2D eigenvalue weighted by molar-refractivity contribution is 5.79. The maximum atomic E-state index is 12.5. The Bertz CT molecular complexity index is 558. The highest BCUT2D eigenvalue weighted by atomic mass is 16.5. The first kappa shape index (κ1) is 16.1. The fourth-order valence-corrected chi connectivity index (χ4v) is 4.13. The Morgan fingerprint density at radius 1 is 1.21 bits per heavy atom. The number of ether oxygens (including phenoxy) is 1. The quantitative estimate of drug-likeness (QED) is 0.871. The van der Waals surface area contributed by atoms with Crippen molar-refractivity contribution in [1.82, 2.24) is 10.2 Å². The molecule has 0 unspecified atom stereocenters. The van der Waals surface area contributed by atoms with Crippen LogP contribution < -0.4 is 5.32 Å². The van der Waals surface area contributed by atoms with Crippen LogP contribution in [0, 0.1) is 11.8 Å². The molecule has 0 bridgehead atoms. The van der Waals surface area contributed by atoms with Crippen molar-refractivity contribution in [3.63, 3.8) is 0 Å². The van der Waals surface area contributed by atoms with Crippen molar-refractivity contribution in [3.8, 4) is 0 Å². The summed E-state index contributed by atoms with van der Waals surface area (Å²) in [5, 5.41) is 3.17. The van der Waals surface area contributed by atoms with E-state index < -0.39 is 0 Å². The number of amides is 1. The predicted molar refractivity (Wildman–Crippen MR) is 93.7 cm³/mol. The van der Waals surface area contributed by atoms with E-state index in [0.717, 1.165) is 51.4 Å². The standard InChI is InChI=1S/C20H28N2O2/c23-20(21-13-16-6-7-16)17-12-19-18(9-11-24-19)22(14-17)10-8-15-4-2-1-3-5-15/h1-5,16-19H,6-14H2,(H,21,23)/t17-,18+,19+/m0/s1. The number of carbonyl (C=O) groups excluding carboxylic acids is 1. The van der Waals surface area contributed by atoms with Gasteiger partial charge in [-0.1, -0.05) is 30.3 Å². The third-order valence-electron chi connectivity index (χ3n) is 5.78. The molecule has 1 amide bonds. The lowest BCUT2D eigenvalue weighted by atomic mass is 9.89. The molecule has 1 N–H and O–H groups in total. The van der Waals surface area contributed by atoms with Crippen molar-refractivity contribution in [2.24, 2.45) is 11.8 Å². The summed E-state index contributed by atoms with van der Waals surface area (Å²) in [5.74, 6) is 1.06. The van der Waals surface area contributed by atoms with Crippen molar-refractivity contribution >= 4 is 5.91 Å². The summed E-state index contributed by atoms with van der Waals surface area (Å²) < 4.78 is 5.94. The molecular formula is C20H28N2O2. The van der Waals surface area contributed by atoms with Gasteiger partial charge in [0.15, 0.2) is 0 Å². The maximum absolute atomic E-state index is 12.5. The molecule has 4 heteroatoms.